The molecule has 1 aromatic carbocycles. The van der Waals surface area contributed by atoms with Crippen molar-refractivity contribution >= 4 is 23.5 Å². The van der Waals surface area contributed by atoms with Crippen molar-refractivity contribution in [2.45, 2.75) is 46.0 Å². The monoisotopic (exact) mass is 556 g/mol. The van der Waals surface area contributed by atoms with Crippen LogP contribution >= 0.6 is 0 Å². The number of esters is 1. The molecular weight excluding hydrogens is 520 g/mol. The van der Waals surface area contributed by atoms with E-state index in [9.17, 15) is 9.59 Å². The van der Waals surface area contributed by atoms with Crippen LogP contribution in [0.2, 0.25) is 0 Å². The molecule has 2 heterocycles. The molecule has 0 fully saturated rings. The van der Waals surface area contributed by atoms with Crippen molar-refractivity contribution in [3.05, 3.63) is 41.7 Å². The second-order valence-electron chi connectivity index (χ2n) is 9.57. The van der Waals surface area contributed by atoms with Gasteiger partial charge in [-0.1, -0.05) is 26.8 Å². The Morgan fingerprint density at radius 1 is 0.950 bits per heavy atom. The smallest absolute Gasteiger partial charge is 0.305 e. The zero-order valence-electron chi connectivity index (χ0n) is 23.9. The second-order valence-corrected chi connectivity index (χ2v) is 9.57. The van der Waals surface area contributed by atoms with Crippen molar-refractivity contribution in [3.8, 4) is 29.2 Å². The molecule has 3 aromatic rings. The first kappa shape index (κ1) is 30.1. The zero-order chi connectivity index (χ0) is 29.3. The standard InChI is InChI=1S/C28H36N4O8/c1-8-38-21(33)10-9-15-29-27-31-25(36-6)23(26(32-27)37-7)30-24(34)19-13-14-22(39-19)40-20-16-17(28(2,3)4)11-12-18(20)35-5/h11-14,16H,8-10,15H2,1-7H3,(H,30,34)(H,29,31,32). The molecule has 0 aliphatic heterocycles. The molecule has 0 aliphatic carbocycles. The van der Waals surface area contributed by atoms with E-state index in [2.05, 4.69) is 41.4 Å². The first-order valence-electron chi connectivity index (χ1n) is 12.8. The van der Waals surface area contributed by atoms with Gasteiger partial charge in [-0.05, 0) is 42.5 Å². The van der Waals surface area contributed by atoms with Crippen LogP contribution in [0.5, 0.6) is 29.2 Å². The van der Waals surface area contributed by atoms with E-state index in [4.69, 9.17) is 28.1 Å². The summed E-state index contributed by atoms with van der Waals surface area (Å²) >= 11 is 0. The van der Waals surface area contributed by atoms with Crippen LogP contribution in [0.3, 0.4) is 0 Å². The Labute approximate surface area is 233 Å². The summed E-state index contributed by atoms with van der Waals surface area (Å²) in [6.45, 7) is 8.78. The predicted molar refractivity (Wildman–Crippen MR) is 148 cm³/mol. The number of nitrogens with zero attached hydrogens (tertiary/aromatic N) is 2. The van der Waals surface area contributed by atoms with Crippen molar-refractivity contribution in [2.24, 2.45) is 0 Å². The number of hydrogen-bond donors (Lipinski definition) is 2. The summed E-state index contributed by atoms with van der Waals surface area (Å²) in [5, 5.41) is 5.68. The Morgan fingerprint density at radius 2 is 1.65 bits per heavy atom. The molecule has 0 atom stereocenters. The minimum atomic E-state index is -0.597. The maximum absolute atomic E-state index is 13.0. The highest BCUT2D eigenvalue weighted by Gasteiger charge is 2.22. The predicted octanol–water partition coefficient (Wildman–Crippen LogP) is 5.19. The number of benzene rings is 1. The summed E-state index contributed by atoms with van der Waals surface area (Å²) < 4.78 is 32.6. The summed E-state index contributed by atoms with van der Waals surface area (Å²) in [4.78, 5) is 33.1. The average Bonchev–Trinajstić information content (AvgIpc) is 3.39. The molecule has 12 heteroatoms. The van der Waals surface area contributed by atoms with Gasteiger partial charge in [-0.25, -0.2) is 0 Å². The fourth-order valence-corrected chi connectivity index (χ4v) is 3.57. The summed E-state index contributed by atoms with van der Waals surface area (Å²) in [6, 6.07) is 8.68. The van der Waals surface area contributed by atoms with Gasteiger partial charge in [0.1, 0.15) is 0 Å². The molecule has 0 saturated heterocycles. The Morgan fingerprint density at radius 3 is 2.25 bits per heavy atom. The molecule has 0 radical (unpaired) electrons. The van der Waals surface area contributed by atoms with Gasteiger partial charge in [0.05, 0.1) is 27.9 Å². The maximum atomic E-state index is 13.0. The van der Waals surface area contributed by atoms with E-state index < -0.39 is 5.91 Å². The number of furan rings is 1. The van der Waals surface area contributed by atoms with Crippen molar-refractivity contribution in [3.63, 3.8) is 0 Å². The topological polar surface area (TPSA) is 143 Å². The normalized spacial score (nSPS) is 11.0. The third-order valence-electron chi connectivity index (χ3n) is 5.66. The Bertz CT molecular complexity index is 1290. The first-order chi connectivity index (χ1) is 19.1. The number of rotatable bonds is 13. The lowest BCUT2D eigenvalue weighted by atomic mass is 9.87. The molecule has 40 heavy (non-hydrogen) atoms. The highest BCUT2D eigenvalue weighted by atomic mass is 16.6. The van der Waals surface area contributed by atoms with Crippen LogP contribution in [0.25, 0.3) is 0 Å². The van der Waals surface area contributed by atoms with E-state index in [0.29, 0.717) is 31.1 Å². The molecule has 0 bridgehead atoms. The zero-order valence-corrected chi connectivity index (χ0v) is 23.9. The molecule has 216 valence electrons. The lowest BCUT2D eigenvalue weighted by Gasteiger charge is -2.20. The van der Waals surface area contributed by atoms with E-state index in [0.717, 1.165) is 5.56 Å². The largest absolute Gasteiger partial charge is 0.493 e. The third-order valence-corrected chi connectivity index (χ3v) is 5.66. The van der Waals surface area contributed by atoms with Crippen molar-refractivity contribution < 1.29 is 37.7 Å². The highest BCUT2D eigenvalue weighted by Crippen LogP contribution is 2.37. The molecule has 0 unspecified atom stereocenters. The van der Waals surface area contributed by atoms with Gasteiger partial charge in [0.25, 0.3) is 11.9 Å². The molecule has 12 nitrogen and oxygen atoms in total. The molecule has 0 saturated carbocycles. The lowest BCUT2D eigenvalue weighted by molar-refractivity contribution is -0.143. The molecule has 2 N–H and O–H groups in total. The van der Waals surface area contributed by atoms with Gasteiger partial charge >= 0.3 is 5.97 Å². The van der Waals surface area contributed by atoms with E-state index in [1.54, 1.807) is 14.0 Å². The number of carbonyl (C=O) groups excluding carboxylic acids is 2. The number of anilines is 2. The average molecular weight is 557 g/mol. The SMILES string of the molecule is CCOC(=O)CCCNc1nc(OC)c(NC(=O)c2ccc(Oc3cc(C(C)(C)C)ccc3OC)o2)c(OC)n1. The number of carbonyl (C=O) groups is 2. The number of nitrogens with one attached hydrogen (secondary N) is 2. The van der Waals surface area contributed by atoms with Crippen molar-refractivity contribution in [1.82, 2.24) is 9.97 Å². The Hall–Kier alpha value is -4.48. The Kier molecular flexibility index (Phi) is 10.2. The molecule has 1 amide bonds. The minimum absolute atomic E-state index is 0.0220. The number of amides is 1. The van der Waals surface area contributed by atoms with Crippen LogP contribution in [0.4, 0.5) is 11.6 Å². The van der Waals surface area contributed by atoms with Crippen molar-refractivity contribution in [1.29, 1.82) is 0 Å². The quantitative estimate of drug-likeness (QED) is 0.212. The third kappa shape index (κ3) is 7.78. The molecule has 3 rings (SSSR count). The van der Waals surface area contributed by atoms with E-state index in [-0.39, 0.29) is 52.9 Å². The second kappa shape index (κ2) is 13.5. The summed E-state index contributed by atoms with van der Waals surface area (Å²) in [7, 11) is 4.35. The fraction of sp³-hybridized carbons (Fsp3) is 0.429. The van der Waals surface area contributed by atoms with Crippen LogP contribution in [-0.2, 0) is 14.9 Å². The van der Waals surface area contributed by atoms with Gasteiger partial charge in [-0.15, -0.1) is 0 Å². The van der Waals surface area contributed by atoms with Crippen LogP contribution in [0.1, 0.15) is 56.7 Å². The minimum Gasteiger partial charge on any atom is -0.493 e. The van der Waals surface area contributed by atoms with Crippen LogP contribution in [0.15, 0.2) is 34.7 Å². The van der Waals surface area contributed by atoms with Gasteiger partial charge < -0.3 is 38.7 Å². The summed E-state index contributed by atoms with van der Waals surface area (Å²) in [5.41, 5.74) is 1.06. The first-order valence-corrected chi connectivity index (χ1v) is 12.8. The van der Waals surface area contributed by atoms with Gasteiger partial charge in [-0.2, -0.15) is 9.97 Å². The fourth-order valence-electron chi connectivity index (χ4n) is 3.57. The number of ether oxygens (including phenoxy) is 5. The summed E-state index contributed by atoms with van der Waals surface area (Å²) in [5.74, 6) is 0.534. The van der Waals surface area contributed by atoms with E-state index in [1.165, 1.54) is 26.4 Å². The molecule has 2 aromatic heterocycles. The Balaban J connectivity index is 1.72. The van der Waals surface area contributed by atoms with Crippen LogP contribution < -0.4 is 29.6 Å². The molecule has 0 spiro atoms. The van der Waals surface area contributed by atoms with Crippen molar-refractivity contribution in [2.75, 3.05) is 45.1 Å². The maximum Gasteiger partial charge on any atom is 0.305 e. The van der Waals surface area contributed by atoms with Gasteiger partial charge in [0, 0.05) is 19.0 Å². The van der Waals surface area contributed by atoms with Crippen LogP contribution in [-0.4, -0.2) is 56.3 Å². The number of methoxy groups -OCH3 is 3. The number of hydrogen-bond acceptors (Lipinski definition) is 11. The lowest BCUT2D eigenvalue weighted by Crippen LogP contribution is -2.15. The van der Waals surface area contributed by atoms with E-state index in [1.807, 2.05) is 18.2 Å². The van der Waals surface area contributed by atoms with Gasteiger partial charge in [-0.3, -0.25) is 9.59 Å². The van der Waals surface area contributed by atoms with Gasteiger partial charge in [0.15, 0.2) is 22.9 Å². The summed E-state index contributed by atoms with van der Waals surface area (Å²) in [6.07, 6.45) is 0.771. The molecular formula is C28H36N4O8. The number of aromatic nitrogens is 2. The molecule has 0 aliphatic rings. The van der Waals surface area contributed by atoms with Crippen LogP contribution in [0, 0.1) is 0 Å². The van der Waals surface area contributed by atoms with Gasteiger partial charge in [0.2, 0.25) is 17.7 Å². The highest BCUT2D eigenvalue weighted by molar-refractivity contribution is 6.03. The van der Waals surface area contributed by atoms with E-state index >= 15 is 0 Å².